The lowest BCUT2D eigenvalue weighted by Gasteiger charge is -2.37. The number of thiocarbonyl (C=S) groups is 1. The van der Waals surface area contributed by atoms with Crippen LogP contribution in [-0.2, 0) is 14.3 Å². The summed E-state index contributed by atoms with van der Waals surface area (Å²) in [5.74, 6) is -2.51. The van der Waals surface area contributed by atoms with E-state index in [4.69, 9.17) is 21.7 Å². The van der Waals surface area contributed by atoms with Gasteiger partial charge in [-0.05, 0) is 43.8 Å². The van der Waals surface area contributed by atoms with Crippen LogP contribution in [0.3, 0.4) is 0 Å². The third-order valence-corrected chi connectivity index (χ3v) is 4.27. The first-order valence-electron chi connectivity index (χ1n) is 7.80. The normalized spacial score (nSPS) is 17.6. The summed E-state index contributed by atoms with van der Waals surface area (Å²) >= 11 is 5.33. The highest BCUT2D eigenvalue weighted by Gasteiger charge is 2.34. The summed E-state index contributed by atoms with van der Waals surface area (Å²) in [5.41, 5.74) is 1.30. The minimum Gasteiger partial charge on any atom is -0.460 e. The van der Waals surface area contributed by atoms with Crippen molar-refractivity contribution in [3.63, 3.8) is 0 Å². The number of methoxy groups -OCH3 is 1. The van der Waals surface area contributed by atoms with E-state index in [2.05, 4.69) is 5.32 Å². The Morgan fingerprint density at radius 2 is 2.04 bits per heavy atom. The summed E-state index contributed by atoms with van der Waals surface area (Å²) in [7, 11) is 1.50. The third-order valence-electron chi connectivity index (χ3n) is 3.93. The van der Waals surface area contributed by atoms with Crippen LogP contribution in [0.1, 0.15) is 25.5 Å². The average molecular weight is 370 g/mol. The molecule has 0 radical (unpaired) electrons. The Hall–Kier alpha value is -2.06. The van der Waals surface area contributed by atoms with Crippen LogP contribution in [0, 0.1) is 11.6 Å². The summed E-state index contributed by atoms with van der Waals surface area (Å²) in [6, 6.07) is 2.76. The van der Waals surface area contributed by atoms with Gasteiger partial charge in [0.2, 0.25) is 0 Å². The van der Waals surface area contributed by atoms with E-state index < -0.39 is 23.6 Å². The molecule has 0 saturated carbocycles. The Morgan fingerprint density at radius 1 is 1.32 bits per heavy atom. The third kappa shape index (κ3) is 4.13. The first kappa shape index (κ1) is 19.3. The van der Waals surface area contributed by atoms with E-state index >= 15 is 0 Å². The van der Waals surface area contributed by atoms with Crippen molar-refractivity contribution in [1.29, 1.82) is 0 Å². The van der Waals surface area contributed by atoms with E-state index in [9.17, 15) is 13.6 Å². The van der Waals surface area contributed by atoms with Gasteiger partial charge in [-0.3, -0.25) is 0 Å². The maximum absolute atomic E-state index is 13.7. The number of rotatable bonds is 6. The van der Waals surface area contributed by atoms with E-state index in [1.54, 1.807) is 11.8 Å². The molecule has 1 N–H and O–H groups in total. The number of ether oxygens (including phenoxy) is 2. The largest absolute Gasteiger partial charge is 0.460 e. The number of halogens is 2. The summed E-state index contributed by atoms with van der Waals surface area (Å²) < 4.78 is 37.0. The van der Waals surface area contributed by atoms with Crippen LogP contribution in [0.5, 0.6) is 0 Å². The van der Waals surface area contributed by atoms with Crippen molar-refractivity contribution in [2.24, 2.45) is 0 Å². The van der Waals surface area contributed by atoms with E-state index in [1.807, 2.05) is 6.92 Å². The lowest BCUT2D eigenvalue weighted by atomic mass is 9.95. The predicted molar refractivity (Wildman–Crippen MR) is 92.7 cm³/mol. The van der Waals surface area contributed by atoms with Gasteiger partial charge in [0, 0.05) is 19.4 Å². The monoisotopic (exact) mass is 370 g/mol. The van der Waals surface area contributed by atoms with Gasteiger partial charge in [-0.15, -0.1) is 0 Å². The van der Waals surface area contributed by atoms with E-state index in [0.717, 1.165) is 12.1 Å². The second kappa shape index (κ2) is 8.35. The van der Waals surface area contributed by atoms with Gasteiger partial charge >= 0.3 is 5.97 Å². The predicted octanol–water partition coefficient (Wildman–Crippen LogP) is 2.68. The number of benzene rings is 1. The van der Waals surface area contributed by atoms with Gasteiger partial charge in [0.05, 0.1) is 18.2 Å². The molecule has 136 valence electrons. The number of carbonyl (C=O) groups excluding carboxylic acids is 1. The zero-order chi connectivity index (χ0) is 18.6. The fourth-order valence-electron chi connectivity index (χ4n) is 2.66. The lowest BCUT2D eigenvalue weighted by Crippen LogP contribution is -2.47. The van der Waals surface area contributed by atoms with Crippen molar-refractivity contribution < 1.29 is 23.0 Å². The van der Waals surface area contributed by atoms with Crippen LogP contribution in [0.25, 0.3) is 0 Å². The molecular formula is C17H20F2N2O3S. The maximum atomic E-state index is 13.7. The Morgan fingerprint density at radius 3 is 2.64 bits per heavy atom. The van der Waals surface area contributed by atoms with Gasteiger partial charge in [0.15, 0.2) is 16.7 Å². The topological polar surface area (TPSA) is 50.8 Å². The molecule has 0 amide bonds. The molecule has 8 heteroatoms. The molecule has 5 nitrogen and oxygen atoms in total. The van der Waals surface area contributed by atoms with Crippen LogP contribution < -0.4 is 5.32 Å². The first-order chi connectivity index (χ1) is 11.9. The van der Waals surface area contributed by atoms with Gasteiger partial charge in [-0.1, -0.05) is 6.07 Å². The summed E-state index contributed by atoms with van der Waals surface area (Å²) in [6.07, 6.45) is 0. The van der Waals surface area contributed by atoms with Crippen molar-refractivity contribution in [1.82, 2.24) is 10.2 Å². The Labute approximate surface area is 150 Å². The van der Waals surface area contributed by atoms with Crippen LogP contribution in [0.2, 0.25) is 0 Å². The molecule has 0 aromatic heterocycles. The Bertz CT molecular complexity index is 709. The van der Waals surface area contributed by atoms with Crippen LogP contribution in [0.15, 0.2) is 29.5 Å². The maximum Gasteiger partial charge on any atom is 0.338 e. The standard InChI is InChI=1S/C17H20F2N2O3S/c1-4-21-10(2)14(16(22)24-8-7-23-3)15(20-17(21)25)11-5-6-12(18)13(19)9-11/h5-6,9,15H,4,7-8H2,1-3H3,(H,20,25)/t15-/m0/s1. The van der Waals surface area contributed by atoms with E-state index in [1.165, 1.54) is 13.2 Å². The highest BCUT2D eigenvalue weighted by Crippen LogP contribution is 2.31. The number of nitrogens with zero attached hydrogens (tertiary/aromatic N) is 1. The number of hydrogen-bond acceptors (Lipinski definition) is 4. The zero-order valence-corrected chi connectivity index (χ0v) is 15.1. The molecule has 1 aromatic rings. The molecule has 0 bridgehead atoms. The molecule has 2 rings (SSSR count). The smallest absolute Gasteiger partial charge is 0.338 e. The number of esters is 1. The van der Waals surface area contributed by atoms with Gasteiger partial charge in [-0.2, -0.15) is 0 Å². The van der Waals surface area contributed by atoms with Crippen molar-refractivity contribution in [2.45, 2.75) is 19.9 Å². The minimum absolute atomic E-state index is 0.0905. The molecular weight excluding hydrogens is 350 g/mol. The highest BCUT2D eigenvalue weighted by atomic mass is 32.1. The summed E-state index contributed by atoms with van der Waals surface area (Å²) in [4.78, 5) is 14.3. The molecule has 0 saturated heterocycles. The molecule has 0 spiro atoms. The van der Waals surface area contributed by atoms with Crippen LogP contribution in [0.4, 0.5) is 8.78 Å². The average Bonchev–Trinajstić information content (AvgIpc) is 2.57. The summed E-state index contributed by atoms with van der Waals surface area (Å²) in [5, 5.41) is 3.42. The molecule has 1 aromatic carbocycles. The van der Waals surface area contributed by atoms with Gasteiger partial charge in [0.25, 0.3) is 0 Å². The minimum atomic E-state index is -0.993. The highest BCUT2D eigenvalue weighted by molar-refractivity contribution is 7.80. The van der Waals surface area contributed by atoms with Crippen molar-refractivity contribution in [3.05, 3.63) is 46.7 Å². The van der Waals surface area contributed by atoms with Crippen LogP contribution in [-0.4, -0.2) is 42.8 Å². The molecule has 25 heavy (non-hydrogen) atoms. The summed E-state index contributed by atoms with van der Waals surface area (Å²) in [6.45, 7) is 4.54. The van der Waals surface area contributed by atoms with Crippen LogP contribution >= 0.6 is 12.2 Å². The number of allylic oxidation sites excluding steroid dienone is 1. The first-order valence-corrected chi connectivity index (χ1v) is 8.21. The van der Waals surface area contributed by atoms with E-state index in [0.29, 0.717) is 28.5 Å². The second-order valence-electron chi connectivity index (χ2n) is 5.43. The number of carbonyl (C=O) groups is 1. The van der Waals surface area contributed by atoms with E-state index in [-0.39, 0.29) is 13.2 Å². The second-order valence-corrected chi connectivity index (χ2v) is 5.81. The quantitative estimate of drug-likeness (QED) is 0.472. The van der Waals surface area contributed by atoms with Gasteiger partial charge in [0.1, 0.15) is 6.61 Å². The molecule has 0 fully saturated rings. The molecule has 1 atom stereocenters. The van der Waals surface area contributed by atoms with Gasteiger partial charge in [-0.25, -0.2) is 13.6 Å². The lowest BCUT2D eigenvalue weighted by molar-refractivity contribution is -0.140. The number of hydrogen-bond donors (Lipinski definition) is 1. The Kier molecular flexibility index (Phi) is 6.44. The molecule has 0 unspecified atom stereocenters. The fraction of sp³-hybridized carbons (Fsp3) is 0.412. The molecule has 1 aliphatic heterocycles. The SMILES string of the molecule is CCN1C(=S)N[C@@H](c2ccc(F)c(F)c2)C(C(=O)OCCOC)=C1C. The fourth-order valence-corrected chi connectivity index (χ4v) is 3.05. The molecule has 0 aliphatic carbocycles. The van der Waals surface area contributed by atoms with Crippen molar-refractivity contribution in [3.8, 4) is 0 Å². The van der Waals surface area contributed by atoms with Crippen molar-refractivity contribution in [2.75, 3.05) is 26.9 Å². The number of nitrogens with one attached hydrogen (secondary N) is 1. The van der Waals surface area contributed by atoms with Crippen molar-refractivity contribution >= 4 is 23.3 Å². The molecule has 1 aliphatic rings. The molecule has 1 heterocycles. The Balaban J connectivity index is 2.44. The van der Waals surface area contributed by atoms with Gasteiger partial charge < -0.3 is 19.7 Å². The zero-order valence-electron chi connectivity index (χ0n) is 14.3.